The topological polar surface area (TPSA) is 66.6 Å². The van der Waals surface area contributed by atoms with E-state index < -0.39 is 11.8 Å². The molecule has 2 N–H and O–H groups in total. The van der Waals surface area contributed by atoms with Crippen molar-refractivity contribution in [3.05, 3.63) is 28.2 Å². The van der Waals surface area contributed by atoms with E-state index in [1.165, 1.54) is 0 Å². The maximum absolute atomic E-state index is 12.1. The summed E-state index contributed by atoms with van der Waals surface area (Å²) in [6.07, 6.45) is 0. The molecule has 1 aliphatic heterocycles. The van der Waals surface area contributed by atoms with Gasteiger partial charge in [0.2, 0.25) is 0 Å². The second kappa shape index (κ2) is 5.83. The summed E-state index contributed by atoms with van der Waals surface area (Å²) in [4.78, 5) is 27.3. The second-order valence-electron chi connectivity index (χ2n) is 5.14. The highest BCUT2D eigenvalue weighted by atomic mass is 79.9. The lowest BCUT2D eigenvalue weighted by molar-refractivity contribution is -0.157. The highest BCUT2D eigenvalue weighted by Gasteiger charge is 2.33. The summed E-state index contributed by atoms with van der Waals surface area (Å²) in [6, 6.07) is 5.57. The predicted octanol–water partition coefficient (Wildman–Crippen LogP) is 1.61. The molecule has 0 atom stereocenters. The molecule has 0 aliphatic carbocycles. The number of benzene rings is 1. The molecule has 0 saturated carbocycles. The minimum absolute atomic E-state index is 0.0488. The van der Waals surface area contributed by atoms with Gasteiger partial charge < -0.3 is 15.5 Å². The minimum Gasteiger partial charge on any atom is -0.398 e. The molecule has 1 aromatic carbocycles. The third kappa shape index (κ3) is 2.80. The number of carbonyl (C=O) groups is 2. The van der Waals surface area contributed by atoms with Crippen molar-refractivity contribution in [3.63, 3.8) is 0 Å². The molecule has 1 fully saturated rings. The van der Waals surface area contributed by atoms with Gasteiger partial charge in [0.15, 0.2) is 0 Å². The van der Waals surface area contributed by atoms with Crippen molar-refractivity contribution in [2.75, 3.05) is 18.8 Å². The van der Waals surface area contributed by atoms with Crippen molar-refractivity contribution >= 4 is 33.4 Å². The van der Waals surface area contributed by atoms with E-state index >= 15 is 0 Å². The molecule has 1 aromatic rings. The lowest BCUT2D eigenvalue weighted by Gasteiger charge is -2.36. The van der Waals surface area contributed by atoms with Crippen LogP contribution < -0.4 is 5.73 Å². The number of amides is 2. The van der Waals surface area contributed by atoms with Gasteiger partial charge in [-0.25, -0.2) is 0 Å². The lowest BCUT2D eigenvalue weighted by Crippen LogP contribution is -2.55. The van der Waals surface area contributed by atoms with Crippen molar-refractivity contribution in [3.8, 4) is 0 Å². The SMILES string of the molecule is CC(C)N1CCN(Cc2cccc(N)c2Br)C(=O)C1=O. The molecule has 0 bridgehead atoms. The summed E-state index contributed by atoms with van der Waals surface area (Å²) in [7, 11) is 0. The zero-order valence-corrected chi connectivity index (χ0v) is 13.2. The molecule has 0 radical (unpaired) electrons. The van der Waals surface area contributed by atoms with Gasteiger partial charge in [0.25, 0.3) is 0 Å². The van der Waals surface area contributed by atoms with Gasteiger partial charge in [0, 0.05) is 35.8 Å². The van der Waals surface area contributed by atoms with Gasteiger partial charge in [-0.05, 0) is 41.4 Å². The summed E-state index contributed by atoms with van der Waals surface area (Å²) in [6.45, 7) is 5.33. The van der Waals surface area contributed by atoms with Crippen molar-refractivity contribution in [1.29, 1.82) is 0 Å². The molecule has 1 aliphatic rings. The zero-order chi connectivity index (χ0) is 14.9. The molecule has 1 saturated heterocycles. The van der Waals surface area contributed by atoms with E-state index in [1.54, 1.807) is 15.9 Å². The van der Waals surface area contributed by atoms with E-state index in [2.05, 4.69) is 15.9 Å². The zero-order valence-electron chi connectivity index (χ0n) is 11.6. The summed E-state index contributed by atoms with van der Waals surface area (Å²) < 4.78 is 0.784. The van der Waals surface area contributed by atoms with Crippen LogP contribution in [0.3, 0.4) is 0 Å². The summed E-state index contributed by atoms with van der Waals surface area (Å²) in [5, 5.41) is 0. The largest absolute Gasteiger partial charge is 0.398 e. The Bertz CT molecular complexity index is 545. The highest BCUT2D eigenvalue weighted by Crippen LogP contribution is 2.25. The monoisotopic (exact) mass is 339 g/mol. The van der Waals surface area contributed by atoms with E-state index in [-0.39, 0.29) is 6.04 Å². The van der Waals surface area contributed by atoms with Crippen molar-refractivity contribution < 1.29 is 9.59 Å². The summed E-state index contributed by atoms with van der Waals surface area (Å²) in [5.74, 6) is -0.870. The highest BCUT2D eigenvalue weighted by molar-refractivity contribution is 9.10. The van der Waals surface area contributed by atoms with E-state index in [4.69, 9.17) is 5.73 Å². The molecule has 5 nitrogen and oxygen atoms in total. The first-order valence-electron chi connectivity index (χ1n) is 6.54. The number of anilines is 1. The Balaban J connectivity index is 2.14. The van der Waals surface area contributed by atoms with Gasteiger partial charge in [0.1, 0.15) is 0 Å². The smallest absolute Gasteiger partial charge is 0.312 e. The Morgan fingerprint density at radius 2 is 1.95 bits per heavy atom. The van der Waals surface area contributed by atoms with Crippen LogP contribution in [0.5, 0.6) is 0 Å². The van der Waals surface area contributed by atoms with Crippen LogP contribution in [-0.4, -0.2) is 40.7 Å². The van der Waals surface area contributed by atoms with Crippen molar-refractivity contribution in [2.24, 2.45) is 0 Å². The average Bonchev–Trinajstić information content (AvgIpc) is 2.40. The number of hydrogen-bond acceptors (Lipinski definition) is 3. The first-order chi connectivity index (χ1) is 9.41. The fraction of sp³-hybridized carbons (Fsp3) is 0.429. The molecular formula is C14H18BrN3O2. The number of carbonyl (C=O) groups excluding carboxylic acids is 2. The van der Waals surface area contributed by atoms with Crippen molar-refractivity contribution in [1.82, 2.24) is 9.80 Å². The summed E-state index contributed by atoms with van der Waals surface area (Å²) in [5.41, 5.74) is 7.36. The molecule has 108 valence electrons. The third-order valence-corrected chi connectivity index (χ3v) is 4.40. The van der Waals surface area contributed by atoms with Gasteiger partial charge in [-0.1, -0.05) is 12.1 Å². The quantitative estimate of drug-likeness (QED) is 0.672. The van der Waals surface area contributed by atoms with Crippen LogP contribution in [0.4, 0.5) is 5.69 Å². The number of nitrogens with zero attached hydrogens (tertiary/aromatic N) is 2. The van der Waals surface area contributed by atoms with Gasteiger partial charge in [-0.3, -0.25) is 9.59 Å². The number of halogens is 1. The van der Waals surface area contributed by atoms with Crippen LogP contribution in [0.25, 0.3) is 0 Å². The van der Waals surface area contributed by atoms with Crippen LogP contribution in [0.1, 0.15) is 19.4 Å². The Kier molecular flexibility index (Phi) is 4.32. The normalized spacial score (nSPS) is 16.2. The van der Waals surface area contributed by atoms with Crippen molar-refractivity contribution in [2.45, 2.75) is 26.4 Å². The number of nitrogen functional groups attached to an aromatic ring is 1. The average molecular weight is 340 g/mol. The maximum Gasteiger partial charge on any atom is 0.312 e. The van der Waals surface area contributed by atoms with Gasteiger partial charge in [-0.2, -0.15) is 0 Å². The van der Waals surface area contributed by atoms with Crippen LogP contribution in [0.15, 0.2) is 22.7 Å². The minimum atomic E-state index is -0.445. The first-order valence-corrected chi connectivity index (χ1v) is 7.34. The van der Waals surface area contributed by atoms with E-state index in [1.807, 2.05) is 26.0 Å². The number of piperazine rings is 1. The predicted molar refractivity (Wildman–Crippen MR) is 80.8 cm³/mol. The van der Waals surface area contributed by atoms with E-state index in [0.717, 1.165) is 10.0 Å². The molecule has 0 unspecified atom stereocenters. The number of rotatable bonds is 3. The Morgan fingerprint density at radius 3 is 2.60 bits per heavy atom. The van der Waals surface area contributed by atoms with Crippen LogP contribution in [0, 0.1) is 0 Å². The standard InChI is InChI=1S/C14H18BrN3O2/c1-9(2)18-7-6-17(13(19)14(18)20)8-10-4-3-5-11(16)12(10)15/h3-5,9H,6-8,16H2,1-2H3. The Hall–Kier alpha value is -1.56. The van der Waals surface area contributed by atoms with Gasteiger partial charge in [0.05, 0.1) is 0 Å². The molecule has 2 rings (SSSR count). The van der Waals surface area contributed by atoms with Crippen LogP contribution in [-0.2, 0) is 16.1 Å². The molecule has 0 aromatic heterocycles. The molecule has 2 amide bonds. The van der Waals surface area contributed by atoms with Crippen LogP contribution >= 0.6 is 15.9 Å². The fourth-order valence-corrected chi connectivity index (χ4v) is 2.65. The van der Waals surface area contributed by atoms with Gasteiger partial charge in [-0.15, -0.1) is 0 Å². The Morgan fingerprint density at radius 1 is 1.25 bits per heavy atom. The van der Waals surface area contributed by atoms with E-state index in [0.29, 0.717) is 25.3 Å². The second-order valence-corrected chi connectivity index (χ2v) is 5.93. The molecule has 0 spiro atoms. The number of nitrogens with two attached hydrogens (primary N) is 1. The maximum atomic E-state index is 12.1. The third-order valence-electron chi connectivity index (χ3n) is 3.43. The van der Waals surface area contributed by atoms with Crippen LogP contribution in [0.2, 0.25) is 0 Å². The summed E-state index contributed by atoms with van der Waals surface area (Å²) >= 11 is 3.42. The molecule has 20 heavy (non-hydrogen) atoms. The number of hydrogen-bond donors (Lipinski definition) is 1. The fourth-order valence-electron chi connectivity index (χ4n) is 2.26. The lowest BCUT2D eigenvalue weighted by atomic mass is 10.1. The molecule has 1 heterocycles. The molecular weight excluding hydrogens is 322 g/mol. The van der Waals surface area contributed by atoms with Gasteiger partial charge >= 0.3 is 11.8 Å². The molecule has 6 heteroatoms. The Labute approximate surface area is 126 Å². The van der Waals surface area contributed by atoms with E-state index in [9.17, 15) is 9.59 Å². The first kappa shape index (κ1) is 14.8.